The van der Waals surface area contributed by atoms with E-state index in [0.29, 0.717) is 6.42 Å². The lowest BCUT2D eigenvalue weighted by Crippen LogP contribution is -2.47. The molecule has 0 rings (SSSR count). The first kappa shape index (κ1) is 18.7. The Morgan fingerprint density at radius 3 is 2.00 bits per heavy atom. The van der Waals surface area contributed by atoms with E-state index >= 15 is 0 Å². The van der Waals surface area contributed by atoms with Crippen molar-refractivity contribution in [1.29, 1.82) is 0 Å². The number of carbonyl (C=O) groups is 2. The molecule has 0 spiro atoms. The van der Waals surface area contributed by atoms with Gasteiger partial charge in [-0.3, -0.25) is 0 Å². The smallest absolute Gasteiger partial charge is 0.462 e. The highest BCUT2D eigenvalue weighted by Gasteiger charge is 2.46. The van der Waals surface area contributed by atoms with Gasteiger partial charge in [0.25, 0.3) is 0 Å². The van der Waals surface area contributed by atoms with Gasteiger partial charge in [0, 0.05) is 39.9 Å². The summed E-state index contributed by atoms with van der Waals surface area (Å²) >= 11 is 0. The van der Waals surface area contributed by atoms with Crippen molar-refractivity contribution >= 4 is 21.0 Å². The van der Waals surface area contributed by atoms with Gasteiger partial charge in [0.1, 0.15) is 0 Å². The summed E-state index contributed by atoms with van der Waals surface area (Å²) in [5, 5.41) is 0. The number of esters is 1. The van der Waals surface area contributed by atoms with E-state index in [0.717, 1.165) is 12.2 Å². The quantitative estimate of drug-likeness (QED) is 0.229. The molecule has 0 amide bonds. The standard InChI is InChI=1S/C10H20N2O7Si/c1-15-20(16-2,17-3)19-10(14)5-4-9(13)18-7-6-8(11)12/h4-5,8H,6-7,11-12H2,1-3H3/b5-4-. The minimum atomic E-state index is -3.48. The molecule has 0 aliphatic carbocycles. The zero-order valence-corrected chi connectivity index (χ0v) is 12.7. The lowest BCUT2D eigenvalue weighted by molar-refractivity contribution is -0.140. The van der Waals surface area contributed by atoms with Crippen LogP contribution in [0, 0.1) is 0 Å². The Morgan fingerprint density at radius 1 is 1.05 bits per heavy atom. The van der Waals surface area contributed by atoms with Crippen molar-refractivity contribution in [3.05, 3.63) is 12.2 Å². The van der Waals surface area contributed by atoms with Crippen molar-refractivity contribution in [2.75, 3.05) is 27.9 Å². The Bertz CT molecular complexity index is 336. The third-order valence-corrected chi connectivity index (χ3v) is 3.98. The Hall–Kier alpha value is -1.30. The summed E-state index contributed by atoms with van der Waals surface area (Å²) in [6, 6.07) is 0. The van der Waals surface area contributed by atoms with Gasteiger partial charge in [0.2, 0.25) is 0 Å². The minimum Gasteiger partial charge on any atom is -0.462 e. The van der Waals surface area contributed by atoms with Crippen molar-refractivity contribution in [1.82, 2.24) is 0 Å². The molecule has 0 aliphatic rings. The molecule has 0 atom stereocenters. The molecule has 0 saturated heterocycles. The van der Waals surface area contributed by atoms with Gasteiger partial charge in [-0.15, -0.1) is 0 Å². The first-order valence-corrected chi connectivity index (χ1v) is 7.27. The summed E-state index contributed by atoms with van der Waals surface area (Å²) in [5.41, 5.74) is 10.5. The Kier molecular flexibility index (Phi) is 8.95. The van der Waals surface area contributed by atoms with Crippen LogP contribution < -0.4 is 11.5 Å². The van der Waals surface area contributed by atoms with Crippen molar-refractivity contribution in [3.8, 4) is 0 Å². The molecule has 0 aromatic heterocycles. The maximum atomic E-state index is 11.5. The molecular weight excluding hydrogens is 288 g/mol. The molecule has 4 N–H and O–H groups in total. The molecule has 0 heterocycles. The number of hydrogen-bond donors (Lipinski definition) is 2. The number of nitrogens with two attached hydrogens (primary N) is 2. The molecule has 20 heavy (non-hydrogen) atoms. The van der Waals surface area contributed by atoms with E-state index in [1.165, 1.54) is 21.3 Å². The highest BCUT2D eigenvalue weighted by Crippen LogP contribution is 2.08. The van der Waals surface area contributed by atoms with Crippen LogP contribution in [0.4, 0.5) is 0 Å². The van der Waals surface area contributed by atoms with Crippen LogP contribution in [-0.2, 0) is 32.0 Å². The molecule has 0 fully saturated rings. The topological polar surface area (TPSA) is 132 Å². The van der Waals surface area contributed by atoms with Gasteiger partial charge in [0.05, 0.1) is 12.8 Å². The number of ether oxygens (including phenoxy) is 1. The largest absolute Gasteiger partial charge is 0.751 e. The molecular formula is C10H20N2O7Si. The molecule has 116 valence electrons. The van der Waals surface area contributed by atoms with Gasteiger partial charge < -0.3 is 33.9 Å². The second-order valence-electron chi connectivity index (χ2n) is 3.49. The van der Waals surface area contributed by atoms with Crippen LogP contribution in [0.3, 0.4) is 0 Å². The van der Waals surface area contributed by atoms with Gasteiger partial charge in [-0.05, 0) is 0 Å². The second kappa shape index (κ2) is 9.58. The first-order chi connectivity index (χ1) is 9.39. The minimum absolute atomic E-state index is 0.0583. The van der Waals surface area contributed by atoms with E-state index in [4.69, 9.17) is 33.9 Å². The zero-order valence-electron chi connectivity index (χ0n) is 11.7. The lowest BCUT2D eigenvalue weighted by atomic mass is 10.4. The SMILES string of the molecule is CO[Si](OC)(OC)OC(=O)/C=C\C(=O)OCCC(N)N. The molecule has 0 bridgehead atoms. The van der Waals surface area contributed by atoms with Gasteiger partial charge >= 0.3 is 21.0 Å². The zero-order chi connectivity index (χ0) is 15.6. The van der Waals surface area contributed by atoms with Crippen LogP contribution in [0.5, 0.6) is 0 Å². The summed E-state index contributed by atoms with van der Waals surface area (Å²) in [5.74, 6) is -1.57. The van der Waals surface area contributed by atoms with Crippen LogP contribution in [0.25, 0.3) is 0 Å². The number of carbonyl (C=O) groups excluding carboxylic acids is 2. The Morgan fingerprint density at radius 2 is 1.55 bits per heavy atom. The predicted octanol–water partition coefficient (Wildman–Crippen LogP) is -1.36. The monoisotopic (exact) mass is 308 g/mol. The average Bonchev–Trinajstić information content (AvgIpc) is 2.42. The van der Waals surface area contributed by atoms with Crippen molar-refractivity contribution in [2.24, 2.45) is 11.5 Å². The average molecular weight is 308 g/mol. The molecule has 0 radical (unpaired) electrons. The van der Waals surface area contributed by atoms with Gasteiger partial charge in [0.15, 0.2) is 0 Å². The predicted molar refractivity (Wildman–Crippen MR) is 69.8 cm³/mol. The molecule has 0 aromatic rings. The molecule has 9 nitrogen and oxygen atoms in total. The first-order valence-electron chi connectivity index (χ1n) is 5.63. The molecule has 0 saturated carbocycles. The fourth-order valence-corrected chi connectivity index (χ4v) is 2.08. The van der Waals surface area contributed by atoms with E-state index in [1.54, 1.807) is 0 Å². The van der Waals surface area contributed by atoms with E-state index in [-0.39, 0.29) is 6.61 Å². The number of hydrogen-bond acceptors (Lipinski definition) is 9. The van der Waals surface area contributed by atoms with E-state index in [2.05, 4.69) is 0 Å². The van der Waals surface area contributed by atoms with Gasteiger partial charge in [-0.1, -0.05) is 0 Å². The van der Waals surface area contributed by atoms with Crippen molar-refractivity contribution in [3.63, 3.8) is 0 Å². The summed E-state index contributed by atoms with van der Waals surface area (Å²) < 4.78 is 24.2. The summed E-state index contributed by atoms with van der Waals surface area (Å²) in [6.45, 7) is 0.0583. The Labute approximate surface area is 118 Å². The van der Waals surface area contributed by atoms with Crippen LogP contribution >= 0.6 is 0 Å². The van der Waals surface area contributed by atoms with E-state index < -0.39 is 27.2 Å². The Balaban J connectivity index is 4.24. The van der Waals surface area contributed by atoms with Crippen molar-refractivity contribution in [2.45, 2.75) is 12.6 Å². The maximum Gasteiger partial charge on any atom is 0.751 e. The van der Waals surface area contributed by atoms with Crippen LogP contribution in [-0.4, -0.2) is 55.1 Å². The highest BCUT2D eigenvalue weighted by molar-refractivity contribution is 6.55. The second-order valence-corrected chi connectivity index (χ2v) is 5.92. The molecule has 0 aliphatic heterocycles. The third kappa shape index (κ3) is 7.33. The maximum absolute atomic E-state index is 11.5. The summed E-state index contributed by atoms with van der Waals surface area (Å²) in [4.78, 5) is 22.7. The molecule has 0 unspecified atom stereocenters. The summed E-state index contributed by atoms with van der Waals surface area (Å²) in [7, 11) is 0.356. The van der Waals surface area contributed by atoms with E-state index in [1.807, 2.05) is 0 Å². The van der Waals surface area contributed by atoms with Crippen LogP contribution in [0.15, 0.2) is 12.2 Å². The normalized spacial score (nSPS) is 11.9. The fourth-order valence-electron chi connectivity index (χ4n) is 1.01. The van der Waals surface area contributed by atoms with Crippen LogP contribution in [0.2, 0.25) is 0 Å². The highest BCUT2D eigenvalue weighted by atomic mass is 28.4. The lowest BCUT2D eigenvalue weighted by Gasteiger charge is -2.21. The molecule has 0 aromatic carbocycles. The molecule has 10 heteroatoms. The van der Waals surface area contributed by atoms with Crippen LogP contribution in [0.1, 0.15) is 6.42 Å². The van der Waals surface area contributed by atoms with Gasteiger partial charge in [-0.2, -0.15) is 0 Å². The third-order valence-electron chi connectivity index (χ3n) is 2.03. The summed E-state index contributed by atoms with van der Waals surface area (Å²) in [6.07, 6.45) is 1.54. The van der Waals surface area contributed by atoms with Crippen molar-refractivity contribution < 1.29 is 32.0 Å². The number of rotatable bonds is 9. The van der Waals surface area contributed by atoms with E-state index in [9.17, 15) is 9.59 Å². The fraction of sp³-hybridized carbons (Fsp3) is 0.600. The van der Waals surface area contributed by atoms with Gasteiger partial charge in [-0.25, -0.2) is 9.59 Å².